The lowest BCUT2D eigenvalue weighted by Crippen LogP contribution is -2.31. The van der Waals surface area contributed by atoms with Crippen LogP contribution in [-0.2, 0) is 0 Å². The highest BCUT2D eigenvalue weighted by Gasteiger charge is 2.32. The second kappa shape index (κ2) is 4.38. The van der Waals surface area contributed by atoms with Crippen LogP contribution in [0.15, 0.2) is 11.7 Å². The summed E-state index contributed by atoms with van der Waals surface area (Å²) in [5.41, 5.74) is 8.02. The lowest BCUT2D eigenvalue weighted by Gasteiger charge is -2.24. The number of likely N-dealkylation sites (tertiary alicyclic amines) is 1. The first-order valence-corrected chi connectivity index (χ1v) is 6.09. The molecule has 1 aromatic heterocycles. The highest BCUT2D eigenvalue weighted by Crippen LogP contribution is 2.32. The quantitative estimate of drug-likeness (QED) is 0.826. The maximum atomic E-state index is 6.13. The van der Waals surface area contributed by atoms with Gasteiger partial charge in [-0.15, -0.1) is 11.3 Å². The average Bonchev–Trinajstić information content (AvgIpc) is 2.76. The van der Waals surface area contributed by atoms with Crippen molar-refractivity contribution in [3.63, 3.8) is 0 Å². The molecule has 2 rings (SSSR count). The van der Waals surface area contributed by atoms with Crippen molar-refractivity contribution in [3.05, 3.63) is 16.6 Å². The van der Waals surface area contributed by atoms with Crippen LogP contribution in [0.1, 0.15) is 30.7 Å². The number of hydrogen-bond acceptors (Lipinski definition) is 4. The molecule has 1 aromatic rings. The molecule has 0 bridgehead atoms. The van der Waals surface area contributed by atoms with Crippen LogP contribution < -0.4 is 5.73 Å². The summed E-state index contributed by atoms with van der Waals surface area (Å²) in [6.45, 7) is 4.50. The molecule has 0 radical (unpaired) electrons. The summed E-state index contributed by atoms with van der Waals surface area (Å²) < 4.78 is 0. The van der Waals surface area contributed by atoms with Gasteiger partial charge < -0.3 is 5.73 Å². The Hall–Kier alpha value is -0.450. The van der Waals surface area contributed by atoms with Crippen LogP contribution in [-0.4, -0.2) is 29.0 Å². The van der Waals surface area contributed by atoms with Gasteiger partial charge in [-0.2, -0.15) is 0 Å². The molecule has 2 atom stereocenters. The maximum Gasteiger partial charge on any atom is 0.0794 e. The molecule has 1 fully saturated rings. The van der Waals surface area contributed by atoms with Crippen molar-refractivity contribution in [1.29, 1.82) is 0 Å². The SMILES string of the molecule is CCCN1CCC(N)C1c1cncs1. The minimum absolute atomic E-state index is 0.294. The number of nitrogens with two attached hydrogens (primary N) is 1. The van der Waals surface area contributed by atoms with Crippen LogP contribution in [0.4, 0.5) is 0 Å². The van der Waals surface area contributed by atoms with Gasteiger partial charge in [0.2, 0.25) is 0 Å². The molecule has 0 spiro atoms. The minimum atomic E-state index is 0.294. The van der Waals surface area contributed by atoms with Gasteiger partial charge in [0.15, 0.2) is 0 Å². The molecule has 0 aliphatic carbocycles. The minimum Gasteiger partial charge on any atom is -0.326 e. The van der Waals surface area contributed by atoms with E-state index in [2.05, 4.69) is 16.8 Å². The first-order chi connectivity index (χ1) is 6.83. The van der Waals surface area contributed by atoms with Crippen LogP contribution >= 0.6 is 11.3 Å². The van der Waals surface area contributed by atoms with E-state index in [-0.39, 0.29) is 0 Å². The molecule has 14 heavy (non-hydrogen) atoms. The van der Waals surface area contributed by atoms with E-state index in [9.17, 15) is 0 Å². The Bertz CT molecular complexity index is 271. The molecular formula is C10H17N3S. The van der Waals surface area contributed by atoms with Crippen molar-refractivity contribution in [3.8, 4) is 0 Å². The van der Waals surface area contributed by atoms with Crippen molar-refractivity contribution in [1.82, 2.24) is 9.88 Å². The molecule has 1 aliphatic heterocycles. The Morgan fingerprint density at radius 2 is 2.57 bits per heavy atom. The molecule has 3 nitrogen and oxygen atoms in total. The summed E-state index contributed by atoms with van der Waals surface area (Å²) in [5, 5.41) is 0. The zero-order valence-corrected chi connectivity index (χ0v) is 9.33. The highest BCUT2D eigenvalue weighted by atomic mass is 32.1. The van der Waals surface area contributed by atoms with Crippen LogP contribution in [0, 0.1) is 0 Å². The Morgan fingerprint density at radius 3 is 3.21 bits per heavy atom. The van der Waals surface area contributed by atoms with E-state index in [1.165, 1.54) is 11.3 Å². The smallest absolute Gasteiger partial charge is 0.0794 e. The van der Waals surface area contributed by atoms with E-state index < -0.39 is 0 Å². The van der Waals surface area contributed by atoms with Gasteiger partial charge in [0, 0.05) is 23.7 Å². The zero-order chi connectivity index (χ0) is 9.97. The van der Waals surface area contributed by atoms with Gasteiger partial charge in [-0.05, 0) is 19.4 Å². The van der Waals surface area contributed by atoms with Crippen molar-refractivity contribution in [2.75, 3.05) is 13.1 Å². The van der Waals surface area contributed by atoms with Crippen LogP contribution in [0.5, 0.6) is 0 Å². The van der Waals surface area contributed by atoms with E-state index >= 15 is 0 Å². The predicted octanol–water partition coefficient (Wildman–Crippen LogP) is 1.63. The summed E-state index contributed by atoms with van der Waals surface area (Å²) in [5.74, 6) is 0. The van der Waals surface area contributed by atoms with Gasteiger partial charge >= 0.3 is 0 Å². The standard InChI is InChI=1S/C10H17N3S/c1-2-4-13-5-3-8(11)10(13)9-6-12-7-14-9/h6-8,10H,2-5,11H2,1H3. The predicted molar refractivity (Wildman–Crippen MR) is 59.3 cm³/mol. The summed E-state index contributed by atoms with van der Waals surface area (Å²) in [6, 6.07) is 0.712. The molecule has 0 aromatic carbocycles. The van der Waals surface area contributed by atoms with Crippen molar-refractivity contribution < 1.29 is 0 Å². The Labute approximate surface area is 88.9 Å². The third kappa shape index (κ3) is 1.82. The Balaban J connectivity index is 2.13. The molecule has 2 heterocycles. The summed E-state index contributed by atoms with van der Waals surface area (Å²) in [4.78, 5) is 7.94. The highest BCUT2D eigenvalue weighted by molar-refractivity contribution is 7.09. The summed E-state index contributed by atoms with van der Waals surface area (Å²) in [6.07, 6.45) is 4.27. The lowest BCUT2D eigenvalue weighted by atomic mass is 10.1. The van der Waals surface area contributed by atoms with E-state index in [0.29, 0.717) is 12.1 Å². The molecule has 0 saturated carbocycles. The molecule has 2 unspecified atom stereocenters. The first kappa shape index (κ1) is 10.1. The largest absolute Gasteiger partial charge is 0.326 e. The monoisotopic (exact) mass is 211 g/mol. The van der Waals surface area contributed by atoms with E-state index in [1.54, 1.807) is 11.3 Å². The topological polar surface area (TPSA) is 42.1 Å². The third-order valence-corrected chi connectivity index (χ3v) is 3.65. The maximum absolute atomic E-state index is 6.13. The summed E-state index contributed by atoms with van der Waals surface area (Å²) >= 11 is 1.72. The van der Waals surface area contributed by atoms with Crippen LogP contribution in [0.25, 0.3) is 0 Å². The third-order valence-electron chi connectivity index (χ3n) is 2.80. The molecular weight excluding hydrogens is 194 g/mol. The molecule has 0 amide bonds. The zero-order valence-electron chi connectivity index (χ0n) is 8.52. The normalized spacial score (nSPS) is 28.4. The Kier molecular flexibility index (Phi) is 3.15. The molecule has 2 N–H and O–H groups in total. The van der Waals surface area contributed by atoms with Crippen molar-refractivity contribution in [2.24, 2.45) is 5.73 Å². The second-order valence-corrected chi connectivity index (χ2v) is 4.76. The molecule has 1 aliphatic rings. The number of rotatable bonds is 3. The van der Waals surface area contributed by atoms with E-state index in [4.69, 9.17) is 5.73 Å². The first-order valence-electron chi connectivity index (χ1n) is 5.21. The second-order valence-electron chi connectivity index (χ2n) is 3.84. The Morgan fingerprint density at radius 1 is 1.71 bits per heavy atom. The van der Waals surface area contributed by atoms with E-state index in [1.807, 2.05) is 11.7 Å². The van der Waals surface area contributed by atoms with Crippen molar-refractivity contribution in [2.45, 2.75) is 31.8 Å². The summed E-state index contributed by atoms with van der Waals surface area (Å²) in [7, 11) is 0. The fourth-order valence-electron chi connectivity index (χ4n) is 2.18. The average molecular weight is 211 g/mol. The van der Waals surface area contributed by atoms with Crippen LogP contribution in [0.3, 0.4) is 0 Å². The molecule has 78 valence electrons. The number of thiazole rings is 1. The van der Waals surface area contributed by atoms with Gasteiger partial charge in [-0.25, -0.2) is 0 Å². The van der Waals surface area contributed by atoms with Gasteiger partial charge in [0.1, 0.15) is 0 Å². The van der Waals surface area contributed by atoms with Gasteiger partial charge in [0.25, 0.3) is 0 Å². The number of nitrogens with zero attached hydrogens (tertiary/aromatic N) is 2. The van der Waals surface area contributed by atoms with Gasteiger partial charge in [-0.3, -0.25) is 9.88 Å². The fourth-order valence-corrected chi connectivity index (χ4v) is 3.01. The number of hydrogen-bond donors (Lipinski definition) is 1. The van der Waals surface area contributed by atoms with E-state index in [0.717, 1.165) is 19.5 Å². The fraction of sp³-hybridized carbons (Fsp3) is 0.700. The van der Waals surface area contributed by atoms with Gasteiger partial charge in [-0.1, -0.05) is 6.92 Å². The van der Waals surface area contributed by atoms with Gasteiger partial charge in [0.05, 0.1) is 11.6 Å². The molecule has 4 heteroatoms. The van der Waals surface area contributed by atoms with Crippen molar-refractivity contribution >= 4 is 11.3 Å². The number of aromatic nitrogens is 1. The van der Waals surface area contributed by atoms with Crippen LogP contribution in [0.2, 0.25) is 0 Å². The lowest BCUT2D eigenvalue weighted by molar-refractivity contribution is 0.251. The molecule has 1 saturated heterocycles.